The normalized spacial score (nSPS) is 16.2. The van der Waals surface area contributed by atoms with Crippen molar-refractivity contribution in [2.75, 3.05) is 16.8 Å². The van der Waals surface area contributed by atoms with E-state index in [1.165, 1.54) is 24.3 Å². The Kier molecular flexibility index (Phi) is 5.38. The molecular weight excluding hydrogens is 339 g/mol. The molecule has 6 heteroatoms. The second-order valence-corrected chi connectivity index (χ2v) is 7.44. The van der Waals surface area contributed by atoms with Crippen LogP contribution >= 0.6 is 11.8 Å². The number of fused-ring (bicyclic) bond motifs is 1. The highest BCUT2D eigenvalue weighted by Crippen LogP contribution is 2.38. The van der Waals surface area contributed by atoms with Gasteiger partial charge in [-0.25, -0.2) is 4.39 Å². The summed E-state index contributed by atoms with van der Waals surface area (Å²) < 4.78 is 12.9. The number of nitrogens with zero attached hydrogens (tertiary/aromatic N) is 1. The molecule has 1 heterocycles. The minimum atomic E-state index is -0.357. The first-order valence-corrected chi connectivity index (χ1v) is 9.02. The van der Waals surface area contributed by atoms with Gasteiger partial charge in [0.2, 0.25) is 11.8 Å². The molecule has 2 amide bonds. The number of carbonyl (C=O) groups is 2. The predicted molar refractivity (Wildman–Crippen MR) is 98.4 cm³/mol. The number of carbonyl (C=O) groups excluding carboxylic acids is 2. The standard InChI is InChI=1S/C19H19FN2O2S/c1-13-12-22(16-4-2-3-5-17(16)25-13)19(24)11-10-18(23)21-15-8-6-14(20)7-9-15/h2-9,13H,10-12H2,1H3,(H,21,23). The van der Waals surface area contributed by atoms with E-state index in [-0.39, 0.29) is 30.5 Å². The third kappa shape index (κ3) is 4.39. The monoisotopic (exact) mass is 358 g/mol. The van der Waals surface area contributed by atoms with E-state index in [4.69, 9.17) is 0 Å². The number of amides is 2. The first-order chi connectivity index (χ1) is 12.0. The van der Waals surface area contributed by atoms with E-state index in [0.717, 1.165) is 10.6 Å². The van der Waals surface area contributed by atoms with Crippen LogP contribution in [0, 0.1) is 5.82 Å². The molecule has 0 aromatic heterocycles. The average Bonchev–Trinajstić information content (AvgIpc) is 2.61. The molecule has 1 atom stereocenters. The summed E-state index contributed by atoms with van der Waals surface area (Å²) in [7, 11) is 0. The molecule has 0 spiro atoms. The largest absolute Gasteiger partial charge is 0.326 e. The van der Waals surface area contributed by atoms with Gasteiger partial charge in [0.1, 0.15) is 5.82 Å². The van der Waals surface area contributed by atoms with Crippen LogP contribution in [-0.2, 0) is 9.59 Å². The molecule has 0 bridgehead atoms. The van der Waals surface area contributed by atoms with Crippen molar-refractivity contribution in [1.29, 1.82) is 0 Å². The van der Waals surface area contributed by atoms with Crippen LogP contribution in [0.25, 0.3) is 0 Å². The Bertz CT molecular complexity index is 779. The van der Waals surface area contributed by atoms with Gasteiger partial charge in [0.05, 0.1) is 5.69 Å². The molecular formula is C19H19FN2O2S. The van der Waals surface area contributed by atoms with Crippen LogP contribution < -0.4 is 10.2 Å². The summed E-state index contributed by atoms with van der Waals surface area (Å²) >= 11 is 1.76. The number of hydrogen-bond donors (Lipinski definition) is 1. The van der Waals surface area contributed by atoms with Gasteiger partial charge in [0, 0.05) is 35.2 Å². The van der Waals surface area contributed by atoms with Crippen molar-refractivity contribution in [2.24, 2.45) is 0 Å². The smallest absolute Gasteiger partial charge is 0.227 e. The summed E-state index contributed by atoms with van der Waals surface area (Å²) in [6, 6.07) is 13.4. The second-order valence-electron chi connectivity index (χ2n) is 5.96. The number of benzene rings is 2. The number of halogens is 1. The number of rotatable bonds is 4. The lowest BCUT2D eigenvalue weighted by molar-refractivity contribution is -0.122. The van der Waals surface area contributed by atoms with Crippen LogP contribution in [0.1, 0.15) is 19.8 Å². The Labute approximate surface area is 150 Å². The maximum absolute atomic E-state index is 12.9. The number of nitrogens with one attached hydrogen (secondary N) is 1. The minimum absolute atomic E-state index is 0.0612. The summed E-state index contributed by atoms with van der Waals surface area (Å²) in [5.41, 5.74) is 1.43. The van der Waals surface area contributed by atoms with Crippen LogP contribution in [0.15, 0.2) is 53.4 Å². The van der Waals surface area contributed by atoms with Crippen LogP contribution in [0.4, 0.5) is 15.8 Å². The third-order valence-corrected chi connectivity index (χ3v) is 5.07. The molecule has 0 radical (unpaired) electrons. The van der Waals surface area contributed by atoms with Gasteiger partial charge in [0.15, 0.2) is 0 Å². The Morgan fingerprint density at radius 2 is 1.88 bits per heavy atom. The minimum Gasteiger partial charge on any atom is -0.326 e. The number of anilines is 2. The van der Waals surface area contributed by atoms with Gasteiger partial charge in [-0.05, 0) is 36.4 Å². The maximum atomic E-state index is 12.9. The Morgan fingerprint density at radius 3 is 2.64 bits per heavy atom. The molecule has 2 aromatic rings. The SMILES string of the molecule is CC1CN(C(=O)CCC(=O)Nc2ccc(F)cc2)c2ccccc2S1. The summed E-state index contributed by atoms with van der Waals surface area (Å²) in [5.74, 6) is -0.675. The Morgan fingerprint density at radius 1 is 1.16 bits per heavy atom. The van der Waals surface area contributed by atoms with Crippen molar-refractivity contribution in [3.8, 4) is 0 Å². The highest BCUT2D eigenvalue weighted by Gasteiger charge is 2.26. The maximum Gasteiger partial charge on any atom is 0.227 e. The molecule has 0 saturated heterocycles. The number of para-hydroxylation sites is 1. The first kappa shape index (κ1) is 17.5. The van der Waals surface area contributed by atoms with Gasteiger partial charge in [-0.2, -0.15) is 0 Å². The van der Waals surface area contributed by atoms with Crippen molar-refractivity contribution < 1.29 is 14.0 Å². The van der Waals surface area contributed by atoms with E-state index >= 15 is 0 Å². The summed E-state index contributed by atoms with van der Waals surface area (Å²) in [6.45, 7) is 2.72. The van der Waals surface area contributed by atoms with Gasteiger partial charge >= 0.3 is 0 Å². The predicted octanol–water partition coefficient (Wildman–Crippen LogP) is 4.07. The van der Waals surface area contributed by atoms with Gasteiger partial charge < -0.3 is 10.2 Å². The van der Waals surface area contributed by atoms with Gasteiger partial charge in [-0.1, -0.05) is 19.1 Å². The van der Waals surface area contributed by atoms with Gasteiger partial charge in [0.25, 0.3) is 0 Å². The van der Waals surface area contributed by atoms with E-state index in [9.17, 15) is 14.0 Å². The van der Waals surface area contributed by atoms with Gasteiger partial charge in [-0.3, -0.25) is 9.59 Å². The fourth-order valence-corrected chi connectivity index (χ4v) is 3.85. The van der Waals surface area contributed by atoms with Gasteiger partial charge in [-0.15, -0.1) is 11.8 Å². The highest BCUT2D eigenvalue weighted by molar-refractivity contribution is 8.00. The van der Waals surface area contributed by atoms with Crippen LogP contribution in [0.3, 0.4) is 0 Å². The fourth-order valence-electron chi connectivity index (χ4n) is 2.74. The zero-order chi connectivity index (χ0) is 17.8. The average molecular weight is 358 g/mol. The van der Waals surface area contributed by atoms with Crippen LogP contribution in [-0.4, -0.2) is 23.6 Å². The number of thioether (sulfide) groups is 1. The quantitative estimate of drug-likeness (QED) is 0.896. The van der Waals surface area contributed by atoms with Crippen molar-refractivity contribution in [3.05, 3.63) is 54.3 Å². The lowest BCUT2D eigenvalue weighted by Gasteiger charge is -2.32. The van der Waals surface area contributed by atoms with Crippen LogP contribution in [0.5, 0.6) is 0 Å². The van der Waals surface area contributed by atoms with E-state index in [0.29, 0.717) is 17.5 Å². The molecule has 130 valence electrons. The molecule has 3 rings (SSSR count). The van der Waals surface area contributed by atoms with E-state index in [1.54, 1.807) is 16.7 Å². The Hall–Kier alpha value is -2.34. The zero-order valence-electron chi connectivity index (χ0n) is 13.9. The molecule has 1 aliphatic heterocycles. The van der Waals surface area contributed by atoms with Crippen molar-refractivity contribution in [1.82, 2.24) is 0 Å². The molecule has 0 aliphatic carbocycles. The molecule has 4 nitrogen and oxygen atoms in total. The molecule has 25 heavy (non-hydrogen) atoms. The van der Waals surface area contributed by atoms with E-state index < -0.39 is 0 Å². The van der Waals surface area contributed by atoms with E-state index in [1.807, 2.05) is 24.3 Å². The zero-order valence-corrected chi connectivity index (χ0v) is 14.7. The molecule has 0 saturated carbocycles. The van der Waals surface area contributed by atoms with Crippen molar-refractivity contribution in [3.63, 3.8) is 0 Å². The highest BCUT2D eigenvalue weighted by atomic mass is 32.2. The van der Waals surface area contributed by atoms with Crippen molar-refractivity contribution in [2.45, 2.75) is 29.9 Å². The number of hydrogen-bond acceptors (Lipinski definition) is 3. The van der Waals surface area contributed by atoms with Crippen molar-refractivity contribution >= 4 is 35.0 Å². The van der Waals surface area contributed by atoms with Crippen LogP contribution in [0.2, 0.25) is 0 Å². The second kappa shape index (κ2) is 7.70. The first-order valence-electron chi connectivity index (χ1n) is 8.14. The molecule has 1 N–H and O–H groups in total. The molecule has 0 fully saturated rings. The molecule has 1 aliphatic rings. The topological polar surface area (TPSA) is 49.4 Å². The molecule has 1 unspecified atom stereocenters. The lowest BCUT2D eigenvalue weighted by atomic mass is 10.2. The lowest BCUT2D eigenvalue weighted by Crippen LogP contribution is -2.38. The molecule has 2 aromatic carbocycles. The Balaban J connectivity index is 1.59. The van der Waals surface area contributed by atoms with E-state index in [2.05, 4.69) is 12.2 Å². The summed E-state index contributed by atoms with van der Waals surface area (Å²) in [6.07, 6.45) is 0.231. The fraction of sp³-hybridized carbons (Fsp3) is 0.263. The summed E-state index contributed by atoms with van der Waals surface area (Å²) in [4.78, 5) is 27.5. The summed E-state index contributed by atoms with van der Waals surface area (Å²) in [5, 5.41) is 2.99. The third-order valence-electron chi connectivity index (χ3n) is 3.92.